The van der Waals surface area contributed by atoms with E-state index in [0.717, 1.165) is 33.9 Å². The molecular formula is C13H16O3S. The van der Waals surface area contributed by atoms with E-state index in [-0.39, 0.29) is 13.2 Å². The quantitative estimate of drug-likeness (QED) is 0.860. The number of hydrogen-bond donors (Lipinski definition) is 2. The molecule has 2 N–H and O–H groups in total. The molecule has 0 radical (unpaired) electrons. The van der Waals surface area contributed by atoms with E-state index in [2.05, 4.69) is 0 Å². The third-order valence-corrected chi connectivity index (χ3v) is 3.77. The number of hydrogen-bond acceptors (Lipinski definition) is 4. The lowest BCUT2D eigenvalue weighted by molar-refractivity contribution is 0.284. The van der Waals surface area contributed by atoms with Gasteiger partial charge in [0, 0.05) is 23.5 Å². The number of aliphatic hydroxyl groups excluding tert-OH is 2. The van der Waals surface area contributed by atoms with Crippen LogP contribution in [0.25, 0.3) is 11.3 Å². The number of thiophene rings is 1. The zero-order valence-corrected chi connectivity index (χ0v) is 10.6. The van der Waals surface area contributed by atoms with Crippen LogP contribution in [0.4, 0.5) is 0 Å². The molecule has 0 saturated heterocycles. The first-order chi connectivity index (χ1) is 8.26. The van der Waals surface area contributed by atoms with Crippen molar-refractivity contribution in [3.05, 3.63) is 33.7 Å². The average molecular weight is 252 g/mol. The number of aliphatic hydroxyl groups is 2. The first kappa shape index (κ1) is 12.4. The molecule has 0 aliphatic rings. The maximum absolute atomic E-state index is 9.28. The zero-order chi connectivity index (χ0) is 12.3. The van der Waals surface area contributed by atoms with E-state index in [1.807, 2.05) is 24.4 Å². The van der Waals surface area contributed by atoms with Crippen LogP contribution in [0, 0.1) is 6.92 Å². The summed E-state index contributed by atoms with van der Waals surface area (Å²) in [4.78, 5) is 0.936. The molecule has 2 aromatic rings. The van der Waals surface area contributed by atoms with Crippen molar-refractivity contribution in [2.24, 2.45) is 0 Å². The van der Waals surface area contributed by atoms with Crippen LogP contribution >= 0.6 is 11.3 Å². The Morgan fingerprint density at radius 2 is 2.12 bits per heavy atom. The predicted octanol–water partition coefficient (Wildman–Crippen LogP) is 2.73. The second-order valence-electron chi connectivity index (χ2n) is 3.97. The molecule has 0 fully saturated rings. The summed E-state index contributed by atoms with van der Waals surface area (Å²) in [7, 11) is 0. The van der Waals surface area contributed by atoms with Crippen LogP contribution in [-0.4, -0.2) is 16.8 Å². The summed E-state index contributed by atoms with van der Waals surface area (Å²) in [6, 6.07) is 3.87. The van der Waals surface area contributed by atoms with Crippen LogP contribution in [0.3, 0.4) is 0 Å². The molecule has 0 aromatic carbocycles. The van der Waals surface area contributed by atoms with Gasteiger partial charge in [0.15, 0.2) is 0 Å². The molecule has 3 nitrogen and oxygen atoms in total. The first-order valence-electron chi connectivity index (χ1n) is 5.64. The standard InChI is InChI=1S/C13H16O3S/c1-9-8-17-12(7-15)13(9)11-5-4-10(16-11)3-2-6-14/h4-5,8,14-15H,2-3,6-7H2,1H3. The van der Waals surface area contributed by atoms with Gasteiger partial charge in [0.05, 0.1) is 6.61 Å². The smallest absolute Gasteiger partial charge is 0.135 e. The van der Waals surface area contributed by atoms with Gasteiger partial charge in [-0.2, -0.15) is 0 Å². The van der Waals surface area contributed by atoms with Crippen molar-refractivity contribution >= 4 is 11.3 Å². The Kier molecular flexibility index (Phi) is 3.99. The molecule has 0 saturated carbocycles. The Morgan fingerprint density at radius 3 is 2.82 bits per heavy atom. The molecule has 0 unspecified atom stereocenters. The summed E-state index contributed by atoms with van der Waals surface area (Å²) in [6.07, 6.45) is 1.45. The molecule has 2 heterocycles. The summed E-state index contributed by atoms with van der Waals surface area (Å²) in [5, 5.41) is 20.1. The van der Waals surface area contributed by atoms with Crippen molar-refractivity contribution < 1.29 is 14.6 Å². The van der Waals surface area contributed by atoms with E-state index in [4.69, 9.17) is 9.52 Å². The predicted molar refractivity (Wildman–Crippen MR) is 68.1 cm³/mol. The number of rotatable bonds is 5. The lowest BCUT2D eigenvalue weighted by Gasteiger charge is -2.00. The average Bonchev–Trinajstić information content (AvgIpc) is 2.92. The van der Waals surface area contributed by atoms with Crippen molar-refractivity contribution in [3.63, 3.8) is 0 Å². The molecule has 92 valence electrons. The Bertz CT molecular complexity index is 485. The largest absolute Gasteiger partial charge is 0.461 e. The molecule has 0 spiro atoms. The van der Waals surface area contributed by atoms with Crippen molar-refractivity contribution in [2.45, 2.75) is 26.4 Å². The fraction of sp³-hybridized carbons (Fsp3) is 0.385. The normalized spacial score (nSPS) is 11.0. The molecule has 2 aromatic heterocycles. The highest BCUT2D eigenvalue weighted by Gasteiger charge is 2.13. The van der Waals surface area contributed by atoms with Gasteiger partial charge >= 0.3 is 0 Å². The number of aryl methyl sites for hydroxylation is 2. The van der Waals surface area contributed by atoms with Gasteiger partial charge in [-0.05, 0) is 36.4 Å². The van der Waals surface area contributed by atoms with Crippen LogP contribution in [0.2, 0.25) is 0 Å². The molecular weight excluding hydrogens is 236 g/mol. The van der Waals surface area contributed by atoms with Crippen molar-refractivity contribution in [1.29, 1.82) is 0 Å². The monoisotopic (exact) mass is 252 g/mol. The molecule has 2 rings (SSSR count). The van der Waals surface area contributed by atoms with Gasteiger partial charge in [0.2, 0.25) is 0 Å². The van der Waals surface area contributed by atoms with Gasteiger partial charge in [-0.25, -0.2) is 0 Å². The third kappa shape index (κ3) is 2.60. The molecule has 4 heteroatoms. The molecule has 0 aliphatic heterocycles. The summed E-state index contributed by atoms with van der Waals surface area (Å²) >= 11 is 1.55. The molecule has 0 atom stereocenters. The first-order valence-corrected chi connectivity index (χ1v) is 6.52. The van der Waals surface area contributed by atoms with Crippen molar-refractivity contribution in [3.8, 4) is 11.3 Å². The third-order valence-electron chi connectivity index (χ3n) is 2.68. The maximum atomic E-state index is 9.28. The Labute approximate surface area is 104 Å². The van der Waals surface area contributed by atoms with Gasteiger partial charge in [0.25, 0.3) is 0 Å². The van der Waals surface area contributed by atoms with Gasteiger partial charge in [-0.3, -0.25) is 0 Å². The Morgan fingerprint density at radius 1 is 1.29 bits per heavy atom. The molecule has 0 bridgehead atoms. The summed E-state index contributed by atoms with van der Waals surface area (Å²) in [6.45, 7) is 2.23. The van der Waals surface area contributed by atoms with Crippen LogP contribution in [0.1, 0.15) is 22.6 Å². The zero-order valence-electron chi connectivity index (χ0n) is 9.77. The Hall–Kier alpha value is -1.10. The van der Waals surface area contributed by atoms with E-state index in [1.165, 1.54) is 0 Å². The van der Waals surface area contributed by atoms with Crippen molar-refractivity contribution in [1.82, 2.24) is 0 Å². The van der Waals surface area contributed by atoms with Crippen molar-refractivity contribution in [2.75, 3.05) is 6.61 Å². The SMILES string of the molecule is Cc1csc(CO)c1-c1ccc(CCCO)o1. The number of furan rings is 1. The summed E-state index contributed by atoms with van der Waals surface area (Å²) in [5.41, 5.74) is 2.13. The molecule has 0 aliphatic carbocycles. The highest BCUT2D eigenvalue weighted by atomic mass is 32.1. The minimum absolute atomic E-state index is 0.0422. The fourth-order valence-electron chi connectivity index (χ4n) is 1.85. The highest BCUT2D eigenvalue weighted by molar-refractivity contribution is 7.10. The van der Waals surface area contributed by atoms with E-state index in [9.17, 15) is 5.11 Å². The molecule has 0 amide bonds. The lowest BCUT2D eigenvalue weighted by atomic mass is 10.1. The summed E-state index contributed by atoms with van der Waals surface area (Å²) < 4.78 is 5.74. The minimum atomic E-state index is 0.0422. The minimum Gasteiger partial charge on any atom is -0.461 e. The second kappa shape index (κ2) is 5.49. The van der Waals surface area contributed by atoms with Gasteiger partial charge in [0.1, 0.15) is 11.5 Å². The van der Waals surface area contributed by atoms with Gasteiger partial charge in [-0.1, -0.05) is 0 Å². The Balaban J connectivity index is 2.26. The van der Waals surface area contributed by atoms with E-state index >= 15 is 0 Å². The summed E-state index contributed by atoms with van der Waals surface area (Å²) in [5.74, 6) is 1.68. The lowest BCUT2D eigenvalue weighted by Crippen LogP contribution is -1.86. The van der Waals surface area contributed by atoms with Crippen LogP contribution in [-0.2, 0) is 13.0 Å². The van der Waals surface area contributed by atoms with Crippen LogP contribution < -0.4 is 0 Å². The van der Waals surface area contributed by atoms with Crippen LogP contribution in [0.5, 0.6) is 0 Å². The second-order valence-corrected chi connectivity index (χ2v) is 4.93. The van der Waals surface area contributed by atoms with Crippen LogP contribution in [0.15, 0.2) is 21.9 Å². The molecule has 17 heavy (non-hydrogen) atoms. The highest BCUT2D eigenvalue weighted by Crippen LogP contribution is 2.33. The van der Waals surface area contributed by atoms with E-state index in [1.54, 1.807) is 11.3 Å². The van der Waals surface area contributed by atoms with Gasteiger partial charge < -0.3 is 14.6 Å². The topological polar surface area (TPSA) is 53.6 Å². The van der Waals surface area contributed by atoms with Gasteiger partial charge in [-0.15, -0.1) is 11.3 Å². The van der Waals surface area contributed by atoms with E-state index < -0.39 is 0 Å². The maximum Gasteiger partial charge on any atom is 0.135 e. The fourth-order valence-corrected chi connectivity index (χ4v) is 2.74. The van der Waals surface area contributed by atoms with E-state index in [0.29, 0.717) is 6.42 Å².